The van der Waals surface area contributed by atoms with Gasteiger partial charge in [-0.25, -0.2) is 0 Å². The van der Waals surface area contributed by atoms with Gasteiger partial charge in [0.05, 0.1) is 12.1 Å². The van der Waals surface area contributed by atoms with Crippen LogP contribution in [0.5, 0.6) is 0 Å². The fourth-order valence-corrected chi connectivity index (χ4v) is 1.73. The summed E-state index contributed by atoms with van der Waals surface area (Å²) in [5.41, 5.74) is 4.55. The lowest BCUT2D eigenvalue weighted by Crippen LogP contribution is -1.90. The van der Waals surface area contributed by atoms with Crippen molar-refractivity contribution in [1.82, 2.24) is 4.98 Å². The van der Waals surface area contributed by atoms with Crippen LogP contribution in [0.25, 0.3) is 10.9 Å². The molecule has 1 aromatic heterocycles. The van der Waals surface area contributed by atoms with Crippen LogP contribution in [0.4, 0.5) is 0 Å². The Labute approximate surface area is 77.2 Å². The number of aliphatic hydroxyl groups excluding tert-OH is 1. The molecule has 13 heavy (non-hydrogen) atoms. The van der Waals surface area contributed by atoms with Crippen molar-refractivity contribution >= 4 is 10.9 Å². The molecule has 2 N–H and O–H groups in total. The van der Waals surface area contributed by atoms with Gasteiger partial charge in [0.25, 0.3) is 0 Å². The second-order valence-corrected chi connectivity index (χ2v) is 3.40. The zero-order valence-electron chi connectivity index (χ0n) is 7.89. The van der Waals surface area contributed by atoms with Gasteiger partial charge in [0, 0.05) is 17.1 Å². The quantitative estimate of drug-likeness (QED) is 0.685. The molecule has 0 radical (unpaired) electrons. The third kappa shape index (κ3) is 1.14. The molecule has 0 bridgehead atoms. The number of benzene rings is 1. The number of aliphatic hydroxyl groups is 1. The van der Waals surface area contributed by atoms with E-state index < -0.39 is 0 Å². The Bertz CT molecular complexity index is 443. The smallest absolute Gasteiger partial charge is 0.0702 e. The van der Waals surface area contributed by atoms with Gasteiger partial charge in [-0.05, 0) is 31.0 Å². The third-order valence-electron chi connectivity index (χ3n) is 2.62. The summed E-state index contributed by atoms with van der Waals surface area (Å²) in [6.45, 7) is 4.27. The molecule has 0 aliphatic heterocycles. The summed E-state index contributed by atoms with van der Waals surface area (Å²) >= 11 is 0. The predicted octanol–water partition coefficient (Wildman–Crippen LogP) is 2.28. The van der Waals surface area contributed by atoms with E-state index in [2.05, 4.69) is 24.9 Å². The lowest BCUT2D eigenvalue weighted by atomic mass is 10.0. The molecule has 68 valence electrons. The van der Waals surface area contributed by atoms with Crippen molar-refractivity contribution in [1.29, 1.82) is 0 Å². The Morgan fingerprint density at radius 2 is 2.15 bits per heavy atom. The lowest BCUT2D eigenvalue weighted by molar-refractivity contribution is 0.283. The van der Waals surface area contributed by atoms with E-state index >= 15 is 0 Å². The second-order valence-electron chi connectivity index (χ2n) is 3.40. The Hall–Kier alpha value is -1.28. The zero-order chi connectivity index (χ0) is 9.42. The van der Waals surface area contributed by atoms with Crippen molar-refractivity contribution in [3.63, 3.8) is 0 Å². The van der Waals surface area contributed by atoms with Gasteiger partial charge in [0.2, 0.25) is 0 Å². The molecule has 0 saturated carbocycles. The maximum Gasteiger partial charge on any atom is 0.0702 e. The van der Waals surface area contributed by atoms with Gasteiger partial charge in [-0.1, -0.05) is 6.07 Å². The van der Waals surface area contributed by atoms with Crippen molar-refractivity contribution in [3.05, 3.63) is 35.0 Å². The van der Waals surface area contributed by atoms with Gasteiger partial charge in [-0.3, -0.25) is 0 Å². The van der Waals surface area contributed by atoms with E-state index in [1.807, 2.05) is 12.3 Å². The molecule has 0 aliphatic rings. The number of rotatable bonds is 1. The van der Waals surface area contributed by atoms with Gasteiger partial charge < -0.3 is 10.1 Å². The highest BCUT2D eigenvalue weighted by atomic mass is 16.3. The van der Waals surface area contributed by atoms with E-state index in [1.165, 1.54) is 16.5 Å². The largest absolute Gasteiger partial charge is 0.392 e. The SMILES string of the molecule is Cc1cc(CO)c2[nH]ccc2c1C. The maximum absolute atomic E-state index is 9.15. The van der Waals surface area contributed by atoms with Crippen molar-refractivity contribution in [2.24, 2.45) is 0 Å². The molecule has 0 spiro atoms. The van der Waals surface area contributed by atoms with E-state index in [0.717, 1.165) is 11.1 Å². The van der Waals surface area contributed by atoms with Crippen LogP contribution in [-0.2, 0) is 6.61 Å². The second kappa shape index (κ2) is 2.89. The van der Waals surface area contributed by atoms with E-state index in [0.29, 0.717) is 0 Å². The summed E-state index contributed by atoms with van der Waals surface area (Å²) in [6.07, 6.45) is 1.91. The summed E-state index contributed by atoms with van der Waals surface area (Å²) in [4.78, 5) is 3.15. The van der Waals surface area contributed by atoms with Crippen molar-refractivity contribution < 1.29 is 5.11 Å². The summed E-state index contributed by atoms with van der Waals surface area (Å²) in [5, 5.41) is 10.4. The number of H-pyrrole nitrogens is 1. The molecule has 1 heterocycles. The molecular weight excluding hydrogens is 162 g/mol. The zero-order valence-corrected chi connectivity index (χ0v) is 7.89. The topological polar surface area (TPSA) is 36.0 Å². The standard InChI is InChI=1S/C11H13NO/c1-7-5-9(6-13)11-10(8(7)2)3-4-12-11/h3-5,12-13H,6H2,1-2H3. The minimum Gasteiger partial charge on any atom is -0.392 e. The van der Waals surface area contributed by atoms with Gasteiger partial charge in [0.1, 0.15) is 0 Å². The lowest BCUT2D eigenvalue weighted by Gasteiger charge is -2.06. The first-order chi connectivity index (χ1) is 6.24. The molecule has 0 atom stereocenters. The Morgan fingerprint density at radius 1 is 1.38 bits per heavy atom. The summed E-state index contributed by atoms with van der Waals surface area (Å²) in [5.74, 6) is 0. The molecule has 0 saturated heterocycles. The minimum atomic E-state index is 0.0954. The Morgan fingerprint density at radius 3 is 2.85 bits per heavy atom. The van der Waals surface area contributed by atoms with Crippen LogP contribution in [0, 0.1) is 13.8 Å². The monoisotopic (exact) mass is 175 g/mol. The van der Waals surface area contributed by atoms with Crippen molar-refractivity contribution in [2.45, 2.75) is 20.5 Å². The van der Waals surface area contributed by atoms with Gasteiger partial charge >= 0.3 is 0 Å². The van der Waals surface area contributed by atoms with E-state index in [9.17, 15) is 0 Å². The number of hydrogen-bond acceptors (Lipinski definition) is 1. The molecule has 2 nitrogen and oxygen atoms in total. The molecule has 0 amide bonds. The number of aryl methyl sites for hydroxylation is 2. The minimum absolute atomic E-state index is 0.0954. The number of aromatic amines is 1. The first-order valence-corrected chi connectivity index (χ1v) is 4.41. The molecule has 0 fully saturated rings. The fraction of sp³-hybridized carbons (Fsp3) is 0.273. The molecule has 0 aliphatic carbocycles. The van der Waals surface area contributed by atoms with Crippen molar-refractivity contribution in [2.75, 3.05) is 0 Å². The third-order valence-corrected chi connectivity index (χ3v) is 2.62. The van der Waals surface area contributed by atoms with Crippen LogP contribution in [0.1, 0.15) is 16.7 Å². The molecule has 0 unspecified atom stereocenters. The maximum atomic E-state index is 9.15. The Kier molecular flexibility index (Phi) is 1.85. The Balaban J connectivity index is 2.87. The highest BCUT2D eigenvalue weighted by Crippen LogP contribution is 2.24. The number of hydrogen-bond donors (Lipinski definition) is 2. The van der Waals surface area contributed by atoms with Crippen LogP contribution in [0.2, 0.25) is 0 Å². The highest BCUT2D eigenvalue weighted by Gasteiger charge is 2.06. The van der Waals surface area contributed by atoms with E-state index in [-0.39, 0.29) is 6.61 Å². The summed E-state index contributed by atoms with van der Waals surface area (Å²) in [6, 6.07) is 4.09. The molecule has 2 heteroatoms. The average molecular weight is 175 g/mol. The summed E-state index contributed by atoms with van der Waals surface area (Å²) in [7, 11) is 0. The van der Waals surface area contributed by atoms with Gasteiger partial charge in [-0.2, -0.15) is 0 Å². The molecular formula is C11H13NO. The highest BCUT2D eigenvalue weighted by molar-refractivity contribution is 5.86. The van der Waals surface area contributed by atoms with E-state index in [1.54, 1.807) is 0 Å². The van der Waals surface area contributed by atoms with Gasteiger partial charge in [-0.15, -0.1) is 0 Å². The van der Waals surface area contributed by atoms with Crippen LogP contribution in [-0.4, -0.2) is 10.1 Å². The number of nitrogens with one attached hydrogen (secondary N) is 1. The van der Waals surface area contributed by atoms with Crippen LogP contribution < -0.4 is 0 Å². The summed E-state index contributed by atoms with van der Waals surface area (Å²) < 4.78 is 0. The van der Waals surface area contributed by atoms with Crippen LogP contribution >= 0.6 is 0 Å². The normalized spacial score (nSPS) is 11.0. The van der Waals surface area contributed by atoms with Crippen LogP contribution in [0.3, 0.4) is 0 Å². The average Bonchev–Trinajstić information content (AvgIpc) is 2.60. The predicted molar refractivity (Wildman–Crippen MR) is 53.7 cm³/mol. The first kappa shape index (κ1) is 8.32. The molecule has 2 rings (SSSR count). The van der Waals surface area contributed by atoms with Crippen LogP contribution in [0.15, 0.2) is 18.3 Å². The van der Waals surface area contributed by atoms with Crippen molar-refractivity contribution in [3.8, 4) is 0 Å². The molecule has 2 aromatic rings. The number of aromatic nitrogens is 1. The van der Waals surface area contributed by atoms with E-state index in [4.69, 9.17) is 5.11 Å². The first-order valence-electron chi connectivity index (χ1n) is 4.41. The molecule has 1 aromatic carbocycles. The fourth-order valence-electron chi connectivity index (χ4n) is 1.73. The number of fused-ring (bicyclic) bond motifs is 1. The van der Waals surface area contributed by atoms with Gasteiger partial charge in [0.15, 0.2) is 0 Å².